The van der Waals surface area contributed by atoms with Crippen molar-refractivity contribution in [1.82, 2.24) is 0 Å². The number of carbonyl (C=O) groups excluding carboxylic acids is 1. The Labute approximate surface area is 104 Å². The molecule has 4 fully saturated rings. The van der Waals surface area contributed by atoms with Gasteiger partial charge in [0, 0.05) is 12.3 Å². The minimum absolute atomic E-state index is 0.255. The maximum absolute atomic E-state index is 12.4. The van der Waals surface area contributed by atoms with Crippen molar-refractivity contribution in [2.75, 3.05) is 0 Å². The predicted molar refractivity (Wildman–Crippen MR) is 67.4 cm³/mol. The summed E-state index contributed by atoms with van der Waals surface area (Å²) in [5, 5.41) is 0. The summed E-state index contributed by atoms with van der Waals surface area (Å²) in [6, 6.07) is 0. The first-order valence-electron chi connectivity index (χ1n) is 7.53. The maximum atomic E-state index is 12.4. The first-order chi connectivity index (χ1) is 8.00. The smallest absolute Gasteiger partial charge is 0.137 e. The molecule has 1 nitrogen and oxygen atoms in total. The minimum atomic E-state index is 0.255. The van der Waals surface area contributed by atoms with Crippen molar-refractivity contribution in [3.8, 4) is 0 Å². The van der Waals surface area contributed by atoms with E-state index in [0.717, 1.165) is 41.9 Å². The van der Waals surface area contributed by atoms with E-state index in [9.17, 15) is 4.79 Å². The van der Waals surface area contributed by atoms with Gasteiger partial charge in [-0.3, -0.25) is 4.79 Å². The van der Waals surface area contributed by atoms with Gasteiger partial charge in [0.25, 0.3) is 0 Å². The molecule has 0 aromatic carbocycles. The third kappa shape index (κ3) is 1.10. The van der Waals surface area contributed by atoms with E-state index in [4.69, 9.17) is 0 Å². The van der Waals surface area contributed by atoms with E-state index in [-0.39, 0.29) is 5.41 Å². The number of fused-ring (bicyclic) bond motifs is 8. The molecule has 7 atom stereocenters. The zero-order chi connectivity index (χ0) is 11.9. The van der Waals surface area contributed by atoms with Crippen molar-refractivity contribution in [2.45, 2.75) is 46.5 Å². The molecule has 0 spiro atoms. The largest absolute Gasteiger partial charge is 0.299 e. The van der Waals surface area contributed by atoms with Crippen LogP contribution in [0.1, 0.15) is 46.5 Å². The SMILES string of the molecule is C[C@@H]1C2C(C(=O)CC1(C)C)C1C3CCC(C3)C12. The fourth-order valence-corrected chi connectivity index (χ4v) is 6.16. The third-order valence-electron chi connectivity index (χ3n) is 7.13. The van der Waals surface area contributed by atoms with Gasteiger partial charge in [0.05, 0.1) is 0 Å². The molecule has 0 N–H and O–H groups in total. The molecule has 0 aliphatic heterocycles. The Kier molecular flexibility index (Phi) is 1.85. The van der Waals surface area contributed by atoms with Gasteiger partial charge in [-0.25, -0.2) is 0 Å². The Morgan fingerprint density at radius 2 is 1.71 bits per heavy atom. The van der Waals surface area contributed by atoms with Gasteiger partial charge in [0.1, 0.15) is 5.78 Å². The maximum Gasteiger partial charge on any atom is 0.137 e. The summed E-state index contributed by atoms with van der Waals surface area (Å²) in [6.45, 7) is 7.05. The van der Waals surface area contributed by atoms with E-state index >= 15 is 0 Å². The summed E-state index contributed by atoms with van der Waals surface area (Å²) in [5.74, 6) is 6.31. The van der Waals surface area contributed by atoms with Gasteiger partial charge < -0.3 is 0 Å². The predicted octanol–water partition coefficient (Wildman–Crippen LogP) is 3.53. The third-order valence-corrected chi connectivity index (χ3v) is 7.13. The average molecular weight is 232 g/mol. The highest BCUT2D eigenvalue weighted by molar-refractivity contribution is 5.84. The molecule has 0 amide bonds. The fraction of sp³-hybridized carbons (Fsp3) is 0.938. The number of hydrogen-bond donors (Lipinski definition) is 0. The molecule has 0 saturated heterocycles. The van der Waals surface area contributed by atoms with Crippen LogP contribution in [-0.4, -0.2) is 5.78 Å². The quantitative estimate of drug-likeness (QED) is 0.624. The molecule has 0 aromatic rings. The van der Waals surface area contributed by atoms with Crippen molar-refractivity contribution in [2.24, 2.45) is 46.8 Å². The lowest BCUT2D eigenvalue weighted by molar-refractivity contribution is -0.171. The molecule has 6 unspecified atom stereocenters. The summed E-state index contributed by atoms with van der Waals surface area (Å²) in [6.07, 6.45) is 5.20. The molecule has 4 aliphatic carbocycles. The van der Waals surface area contributed by atoms with E-state index in [1.165, 1.54) is 19.3 Å². The number of ketones is 1. The molecule has 4 saturated carbocycles. The second kappa shape index (κ2) is 2.97. The van der Waals surface area contributed by atoms with E-state index in [1.54, 1.807) is 0 Å². The van der Waals surface area contributed by atoms with E-state index in [1.807, 2.05) is 0 Å². The Morgan fingerprint density at radius 3 is 2.41 bits per heavy atom. The van der Waals surface area contributed by atoms with Crippen molar-refractivity contribution < 1.29 is 4.79 Å². The molecule has 0 aromatic heterocycles. The van der Waals surface area contributed by atoms with Gasteiger partial charge in [0.15, 0.2) is 0 Å². The first kappa shape index (κ1) is 10.6. The van der Waals surface area contributed by atoms with Crippen LogP contribution >= 0.6 is 0 Å². The van der Waals surface area contributed by atoms with Crippen LogP contribution in [0, 0.1) is 46.8 Å². The Balaban J connectivity index is 1.70. The molecule has 0 heterocycles. The van der Waals surface area contributed by atoms with Gasteiger partial charge in [-0.1, -0.05) is 20.8 Å². The van der Waals surface area contributed by atoms with Gasteiger partial charge in [-0.05, 0) is 60.2 Å². The topological polar surface area (TPSA) is 17.1 Å². The van der Waals surface area contributed by atoms with Crippen LogP contribution in [0.25, 0.3) is 0 Å². The highest BCUT2D eigenvalue weighted by Gasteiger charge is 2.68. The lowest BCUT2D eigenvalue weighted by Gasteiger charge is -2.62. The molecule has 0 radical (unpaired) electrons. The van der Waals surface area contributed by atoms with Crippen LogP contribution < -0.4 is 0 Å². The second-order valence-electron chi connectivity index (χ2n) is 8.01. The zero-order valence-corrected chi connectivity index (χ0v) is 11.3. The molecule has 94 valence electrons. The van der Waals surface area contributed by atoms with Crippen molar-refractivity contribution in [3.05, 3.63) is 0 Å². The first-order valence-corrected chi connectivity index (χ1v) is 7.53. The second-order valence-corrected chi connectivity index (χ2v) is 8.01. The number of hydrogen-bond acceptors (Lipinski definition) is 1. The standard InChI is InChI=1S/C16H24O/c1-8-12-13-9-4-5-10(6-9)14(13)15(12)11(17)7-16(8,2)3/h8-10,12-15H,4-7H2,1-3H3/t8-,9?,10?,12?,13?,14?,15?/m1/s1. The van der Waals surface area contributed by atoms with Crippen LogP contribution in [0.2, 0.25) is 0 Å². The molecule has 4 rings (SSSR count). The van der Waals surface area contributed by atoms with Crippen LogP contribution in [0.3, 0.4) is 0 Å². The highest BCUT2D eigenvalue weighted by atomic mass is 16.1. The Bertz CT molecular complexity index is 383. The molecule has 17 heavy (non-hydrogen) atoms. The Morgan fingerprint density at radius 1 is 1.06 bits per heavy atom. The van der Waals surface area contributed by atoms with Crippen molar-refractivity contribution in [1.29, 1.82) is 0 Å². The number of rotatable bonds is 0. The summed E-state index contributed by atoms with van der Waals surface area (Å²) < 4.78 is 0. The van der Waals surface area contributed by atoms with Gasteiger partial charge in [-0.15, -0.1) is 0 Å². The normalized spacial score (nSPS) is 58.5. The van der Waals surface area contributed by atoms with Crippen LogP contribution in [-0.2, 0) is 4.79 Å². The summed E-state index contributed by atoms with van der Waals surface area (Å²) in [4.78, 5) is 12.4. The lowest BCUT2D eigenvalue weighted by atomic mass is 9.42. The fourth-order valence-electron chi connectivity index (χ4n) is 6.16. The average Bonchev–Trinajstić information content (AvgIpc) is 2.71. The summed E-state index contributed by atoms with van der Waals surface area (Å²) in [7, 11) is 0. The van der Waals surface area contributed by atoms with E-state index in [0.29, 0.717) is 11.7 Å². The van der Waals surface area contributed by atoms with Crippen LogP contribution in [0.15, 0.2) is 0 Å². The highest BCUT2D eigenvalue weighted by Crippen LogP contribution is 2.71. The zero-order valence-electron chi connectivity index (χ0n) is 11.3. The van der Waals surface area contributed by atoms with Gasteiger partial charge in [-0.2, -0.15) is 0 Å². The molecular weight excluding hydrogens is 208 g/mol. The summed E-state index contributed by atoms with van der Waals surface area (Å²) >= 11 is 0. The van der Waals surface area contributed by atoms with Crippen molar-refractivity contribution >= 4 is 5.78 Å². The number of carbonyl (C=O) groups is 1. The monoisotopic (exact) mass is 232 g/mol. The van der Waals surface area contributed by atoms with Crippen molar-refractivity contribution in [3.63, 3.8) is 0 Å². The summed E-state index contributed by atoms with van der Waals surface area (Å²) in [5.41, 5.74) is 0.255. The molecule has 1 heteroatoms. The van der Waals surface area contributed by atoms with Gasteiger partial charge >= 0.3 is 0 Å². The van der Waals surface area contributed by atoms with Gasteiger partial charge in [0.2, 0.25) is 0 Å². The minimum Gasteiger partial charge on any atom is -0.299 e. The van der Waals surface area contributed by atoms with E-state index in [2.05, 4.69) is 20.8 Å². The molecular formula is C16H24O. The molecule has 4 aliphatic rings. The van der Waals surface area contributed by atoms with Crippen LogP contribution in [0.5, 0.6) is 0 Å². The van der Waals surface area contributed by atoms with E-state index < -0.39 is 0 Å². The molecule has 2 bridgehead atoms. The number of Topliss-reactive ketones (excluding diaryl/α,β-unsaturated/α-hetero) is 1. The lowest BCUT2D eigenvalue weighted by Crippen LogP contribution is -2.61. The Hall–Kier alpha value is -0.330. The van der Waals surface area contributed by atoms with Crippen LogP contribution in [0.4, 0.5) is 0 Å².